The minimum Gasteiger partial charge on any atom is -0.516 e. The van der Waals surface area contributed by atoms with E-state index in [1.807, 2.05) is 12.2 Å². The van der Waals surface area contributed by atoms with Crippen molar-refractivity contribution in [3.05, 3.63) is 36.1 Å². The lowest BCUT2D eigenvalue weighted by Gasteiger charge is -1.92. The van der Waals surface area contributed by atoms with Crippen molar-refractivity contribution in [1.29, 1.82) is 0 Å². The van der Waals surface area contributed by atoms with Gasteiger partial charge in [0.25, 0.3) is 0 Å². The van der Waals surface area contributed by atoms with E-state index in [2.05, 4.69) is 12.2 Å². The fourth-order valence-electron chi connectivity index (χ4n) is 1.28. The maximum absolute atomic E-state index is 8.60. The van der Waals surface area contributed by atoms with E-state index in [-0.39, 0.29) is 5.41 Å². The second-order valence-corrected chi connectivity index (χ2v) is 2.59. The molecule has 1 fully saturated rings. The number of hydrogen-bond acceptors (Lipinski definition) is 1. The summed E-state index contributed by atoms with van der Waals surface area (Å²) < 4.78 is 0. The number of aliphatic hydroxyl groups is 1. The van der Waals surface area contributed by atoms with Crippen molar-refractivity contribution in [3.8, 4) is 0 Å². The van der Waals surface area contributed by atoms with Crippen LogP contribution in [-0.4, -0.2) is 5.11 Å². The summed E-state index contributed by atoms with van der Waals surface area (Å²) in [4.78, 5) is 0. The van der Waals surface area contributed by atoms with Gasteiger partial charge in [0.2, 0.25) is 0 Å². The Balaban J connectivity index is 2.34. The highest BCUT2D eigenvalue weighted by molar-refractivity contribution is 5.48. The zero-order valence-corrected chi connectivity index (χ0v) is 5.04. The van der Waals surface area contributed by atoms with Gasteiger partial charge >= 0.3 is 0 Å². The summed E-state index contributed by atoms with van der Waals surface area (Å²) in [6.07, 6.45) is 10.5. The molecule has 0 bridgehead atoms. The Bertz CT molecular complexity index is 209. The van der Waals surface area contributed by atoms with Crippen molar-refractivity contribution in [1.82, 2.24) is 0 Å². The van der Waals surface area contributed by atoms with Crippen LogP contribution >= 0.6 is 0 Å². The highest BCUT2D eigenvalue weighted by Crippen LogP contribution is 2.55. The van der Waals surface area contributed by atoms with E-state index in [4.69, 9.17) is 5.11 Å². The van der Waals surface area contributed by atoms with E-state index in [0.717, 1.165) is 12.0 Å². The van der Waals surface area contributed by atoms with E-state index >= 15 is 0 Å². The SMILES string of the molecule is O/C=C1/CC12C=CC=C2. The first kappa shape index (κ1) is 4.86. The lowest BCUT2D eigenvalue weighted by atomic mass is 10.1. The van der Waals surface area contributed by atoms with Gasteiger partial charge in [0.15, 0.2) is 0 Å². The van der Waals surface area contributed by atoms with E-state index in [1.165, 1.54) is 6.26 Å². The van der Waals surface area contributed by atoms with Crippen molar-refractivity contribution >= 4 is 0 Å². The zero-order valence-electron chi connectivity index (χ0n) is 5.04. The molecule has 0 aliphatic heterocycles. The van der Waals surface area contributed by atoms with Crippen LogP contribution in [0.3, 0.4) is 0 Å². The first-order valence-corrected chi connectivity index (χ1v) is 3.08. The van der Waals surface area contributed by atoms with Gasteiger partial charge in [0.05, 0.1) is 6.26 Å². The van der Waals surface area contributed by atoms with E-state index in [0.29, 0.717) is 0 Å². The van der Waals surface area contributed by atoms with E-state index in [9.17, 15) is 0 Å². The van der Waals surface area contributed by atoms with Gasteiger partial charge in [0, 0.05) is 5.41 Å². The highest BCUT2D eigenvalue weighted by atomic mass is 16.2. The summed E-state index contributed by atoms with van der Waals surface area (Å²) in [6, 6.07) is 0. The minimum absolute atomic E-state index is 0.161. The Morgan fingerprint density at radius 1 is 1.44 bits per heavy atom. The molecule has 1 nitrogen and oxygen atoms in total. The van der Waals surface area contributed by atoms with E-state index < -0.39 is 0 Å². The predicted molar refractivity (Wildman–Crippen MR) is 36.0 cm³/mol. The summed E-state index contributed by atoms with van der Waals surface area (Å²) in [5, 5.41) is 8.60. The normalized spacial score (nSPS) is 30.4. The summed E-state index contributed by atoms with van der Waals surface area (Å²) in [5.41, 5.74) is 1.29. The van der Waals surface area contributed by atoms with Crippen molar-refractivity contribution in [2.75, 3.05) is 0 Å². The molecule has 0 radical (unpaired) electrons. The minimum atomic E-state index is 0.161. The fourth-order valence-corrected chi connectivity index (χ4v) is 1.28. The van der Waals surface area contributed by atoms with Crippen molar-refractivity contribution in [2.45, 2.75) is 6.42 Å². The van der Waals surface area contributed by atoms with Crippen LogP contribution in [0.2, 0.25) is 0 Å². The molecule has 1 saturated carbocycles. The first-order valence-electron chi connectivity index (χ1n) is 3.08. The third-order valence-corrected chi connectivity index (χ3v) is 2.01. The topological polar surface area (TPSA) is 20.2 Å². The summed E-state index contributed by atoms with van der Waals surface area (Å²) in [5.74, 6) is 0. The molecule has 9 heavy (non-hydrogen) atoms. The van der Waals surface area contributed by atoms with Crippen LogP contribution < -0.4 is 0 Å². The molecular formula is C8H8O. The van der Waals surface area contributed by atoms with Crippen LogP contribution in [0.4, 0.5) is 0 Å². The van der Waals surface area contributed by atoms with Crippen LogP contribution in [0.25, 0.3) is 0 Å². The molecule has 1 heteroatoms. The van der Waals surface area contributed by atoms with Gasteiger partial charge in [-0.1, -0.05) is 24.3 Å². The number of rotatable bonds is 0. The third kappa shape index (κ3) is 0.489. The Hall–Kier alpha value is -0.980. The van der Waals surface area contributed by atoms with Crippen molar-refractivity contribution < 1.29 is 5.11 Å². The molecule has 46 valence electrons. The predicted octanol–water partition coefficient (Wildman–Crippen LogP) is 1.94. The van der Waals surface area contributed by atoms with Crippen molar-refractivity contribution in [2.24, 2.45) is 5.41 Å². The van der Waals surface area contributed by atoms with Gasteiger partial charge in [0.1, 0.15) is 0 Å². The lowest BCUT2D eigenvalue weighted by Crippen LogP contribution is -1.83. The Kier molecular flexibility index (Phi) is 0.699. The monoisotopic (exact) mass is 120 g/mol. The van der Waals surface area contributed by atoms with Gasteiger partial charge < -0.3 is 5.11 Å². The molecule has 0 aromatic heterocycles. The standard InChI is InChI=1S/C8H8O/c9-6-7-5-8(7)3-1-2-4-8/h1-4,6,9H,5H2/b7-6-. The quantitative estimate of drug-likeness (QED) is 0.484. The second-order valence-electron chi connectivity index (χ2n) is 2.59. The molecule has 0 amide bonds. The average molecular weight is 120 g/mol. The largest absolute Gasteiger partial charge is 0.516 e. The summed E-state index contributed by atoms with van der Waals surface area (Å²) in [7, 11) is 0. The van der Waals surface area contributed by atoms with Crippen LogP contribution in [0.15, 0.2) is 36.1 Å². The molecule has 2 aliphatic carbocycles. The third-order valence-electron chi connectivity index (χ3n) is 2.01. The van der Waals surface area contributed by atoms with Crippen LogP contribution in [-0.2, 0) is 0 Å². The maximum atomic E-state index is 8.60. The fraction of sp³-hybridized carbons (Fsp3) is 0.250. The maximum Gasteiger partial charge on any atom is 0.0796 e. The van der Waals surface area contributed by atoms with Gasteiger partial charge in [-0.15, -0.1) is 0 Å². The summed E-state index contributed by atoms with van der Waals surface area (Å²) >= 11 is 0. The molecule has 0 atom stereocenters. The van der Waals surface area contributed by atoms with Crippen molar-refractivity contribution in [3.63, 3.8) is 0 Å². The van der Waals surface area contributed by atoms with Crippen LogP contribution in [0.5, 0.6) is 0 Å². The van der Waals surface area contributed by atoms with Crippen LogP contribution in [0, 0.1) is 5.41 Å². The molecule has 2 aliphatic rings. The molecular weight excluding hydrogens is 112 g/mol. The molecule has 0 heterocycles. The smallest absolute Gasteiger partial charge is 0.0796 e. The Morgan fingerprint density at radius 2 is 2.11 bits per heavy atom. The Labute approximate surface area is 54.0 Å². The second kappa shape index (κ2) is 1.29. The number of aliphatic hydroxyl groups excluding tert-OH is 1. The molecule has 0 unspecified atom stereocenters. The molecule has 1 N–H and O–H groups in total. The molecule has 1 spiro atoms. The van der Waals surface area contributed by atoms with Gasteiger partial charge in [-0.05, 0) is 12.0 Å². The average Bonchev–Trinajstić information content (AvgIpc) is 2.30. The van der Waals surface area contributed by atoms with Crippen LogP contribution in [0.1, 0.15) is 6.42 Å². The number of allylic oxidation sites excluding steroid dienone is 5. The highest BCUT2D eigenvalue weighted by Gasteiger charge is 2.45. The first-order chi connectivity index (χ1) is 4.37. The molecule has 0 saturated heterocycles. The molecule has 0 aromatic rings. The Morgan fingerprint density at radius 3 is 2.56 bits per heavy atom. The van der Waals surface area contributed by atoms with Gasteiger partial charge in [-0.3, -0.25) is 0 Å². The lowest BCUT2D eigenvalue weighted by molar-refractivity contribution is 0.469. The van der Waals surface area contributed by atoms with Gasteiger partial charge in [-0.25, -0.2) is 0 Å². The molecule has 2 rings (SSSR count). The molecule has 0 aromatic carbocycles. The number of hydrogen-bond donors (Lipinski definition) is 1. The summed E-state index contributed by atoms with van der Waals surface area (Å²) in [6.45, 7) is 0. The van der Waals surface area contributed by atoms with Gasteiger partial charge in [-0.2, -0.15) is 0 Å². The zero-order chi connectivity index (χ0) is 6.32. The van der Waals surface area contributed by atoms with E-state index in [1.54, 1.807) is 0 Å².